The van der Waals surface area contributed by atoms with Gasteiger partial charge < -0.3 is 4.90 Å². The number of carbonyl (C=O) groups is 2. The zero-order valence-electron chi connectivity index (χ0n) is 10.8. The van der Waals surface area contributed by atoms with Gasteiger partial charge in [-0.15, -0.1) is 11.3 Å². The van der Waals surface area contributed by atoms with Gasteiger partial charge in [-0.1, -0.05) is 18.2 Å². The molecule has 3 rings (SSSR count). The molecule has 1 unspecified atom stereocenters. The van der Waals surface area contributed by atoms with Crippen molar-refractivity contribution in [2.24, 2.45) is 0 Å². The van der Waals surface area contributed by atoms with Crippen LogP contribution in [-0.4, -0.2) is 33.5 Å². The number of amides is 2. The third-order valence-corrected chi connectivity index (χ3v) is 4.95. The predicted octanol–water partition coefficient (Wildman–Crippen LogP) is 2.88. The van der Waals surface area contributed by atoms with Gasteiger partial charge in [-0.3, -0.25) is 14.8 Å². The smallest absolute Gasteiger partial charge is 0.267 e. The van der Waals surface area contributed by atoms with Crippen LogP contribution in [0.25, 0.3) is 0 Å². The Morgan fingerprint density at radius 2 is 2.05 bits per heavy atom. The van der Waals surface area contributed by atoms with Crippen LogP contribution in [0.1, 0.15) is 21.4 Å². The maximum absolute atomic E-state index is 12.6. The first kappa shape index (κ1) is 14.2. The highest BCUT2D eigenvalue weighted by atomic mass is 79.9. The average Bonchev–Trinajstić information content (AvgIpc) is 3.04. The van der Waals surface area contributed by atoms with E-state index in [4.69, 9.17) is 0 Å². The van der Waals surface area contributed by atoms with Crippen molar-refractivity contribution in [2.45, 2.75) is 6.17 Å². The van der Waals surface area contributed by atoms with Crippen LogP contribution in [-0.2, 0) is 4.79 Å². The molecule has 1 aliphatic heterocycles. The summed E-state index contributed by atoms with van der Waals surface area (Å²) in [5.74, 6) is -0.774. The monoisotopic (exact) mass is 366 g/mol. The van der Waals surface area contributed by atoms with Crippen LogP contribution in [0.3, 0.4) is 0 Å². The first-order chi connectivity index (χ1) is 10.1. The molecule has 1 N–H and O–H groups in total. The van der Waals surface area contributed by atoms with Gasteiger partial charge in [0.05, 0.1) is 4.88 Å². The van der Waals surface area contributed by atoms with Crippen LogP contribution in [0, 0.1) is 0 Å². The number of hydroxylamine groups is 2. The minimum absolute atomic E-state index is 0.135. The highest BCUT2D eigenvalue weighted by molar-refractivity contribution is 9.10. The number of halogens is 1. The largest absolute Gasteiger partial charge is 0.302 e. The quantitative estimate of drug-likeness (QED) is 0.831. The predicted molar refractivity (Wildman–Crippen MR) is 80.9 cm³/mol. The van der Waals surface area contributed by atoms with E-state index in [9.17, 15) is 14.8 Å². The number of hydrogen-bond acceptors (Lipinski definition) is 4. The summed E-state index contributed by atoms with van der Waals surface area (Å²) in [6.07, 6.45) is -0.776. The van der Waals surface area contributed by atoms with Crippen molar-refractivity contribution in [1.29, 1.82) is 0 Å². The fraction of sp³-hybridized carbons (Fsp3) is 0.143. The minimum Gasteiger partial charge on any atom is -0.302 e. The van der Waals surface area contributed by atoms with Gasteiger partial charge in [-0.2, -0.15) is 5.06 Å². The van der Waals surface area contributed by atoms with E-state index in [1.165, 1.54) is 16.2 Å². The van der Waals surface area contributed by atoms with Gasteiger partial charge in [0.1, 0.15) is 6.54 Å². The summed E-state index contributed by atoms with van der Waals surface area (Å²) in [6, 6.07) is 10.5. The first-order valence-electron chi connectivity index (χ1n) is 6.19. The van der Waals surface area contributed by atoms with Gasteiger partial charge in [-0.05, 0) is 34.1 Å². The molecule has 21 heavy (non-hydrogen) atoms. The van der Waals surface area contributed by atoms with E-state index in [1.54, 1.807) is 30.3 Å². The summed E-state index contributed by atoms with van der Waals surface area (Å²) in [6.45, 7) is -0.135. The van der Waals surface area contributed by atoms with Crippen LogP contribution in [0.4, 0.5) is 0 Å². The molecule has 1 aliphatic rings. The molecule has 1 aromatic heterocycles. The van der Waals surface area contributed by atoms with Crippen molar-refractivity contribution in [2.75, 3.05) is 6.54 Å². The van der Waals surface area contributed by atoms with Crippen molar-refractivity contribution >= 4 is 39.1 Å². The Morgan fingerprint density at radius 3 is 2.67 bits per heavy atom. The lowest BCUT2D eigenvalue weighted by atomic mass is 10.2. The molecular formula is C14H11BrN2O3S. The molecule has 2 aromatic rings. The minimum atomic E-state index is -0.776. The molecule has 2 heterocycles. The molecule has 1 fully saturated rings. The van der Waals surface area contributed by atoms with Crippen LogP contribution in [0.15, 0.2) is 46.3 Å². The molecule has 1 aromatic carbocycles. The lowest BCUT2D eigenvalue weighted by Crippen LogP contribution is -2.33. The van der Waals surface area contributed by atoms with Gasteiger partial charge in [0, 0.05) is 15.4 Å². The van der Waals surface area contributed by atoms with Gasteiger partial charge >= 0.3 is 0 Å². The van der Waals surface area contributed by atoms with Crippen LogP contribution < -0.4 is 0 Å². The summed E-state index contributed by atoms with van der Waals surface area (Å²) >= 11 is 4.71. The van der Waals surface area contributed by atoms with E-state index in [0.717, 1.165) is 9.35 Å². The lowest BCUT2D eigenvalue weighted by Gasteiger charge is -2.25. The zero-order valence-corrected chi connectivity index (χ0v) is 13.2. The molecule has 2 amide bonds. The fourth-order valence-electron chi connectivity index (χ4n) is 2.24. The maximum atomic E-state index is 12.6. The first-order valence-corrected chi connectivity index (χ1v) is 7.86. The van der Waals surface area contributed by atoms with Crippen molar-refractivity contribution in [1.82, 2.24) is 9.96 Å². The molecule has 0 bridgehead atoms. The fourth-order valence-corrected chi connectivity index (χ4v) is 3.78. The molecule has 0 radical (unpaired) electrons. The number of thiophene rings is 1. The van der Waals surface area contributed by atoms with E-state index in [0.29, 0.717) is 10.6 Å². The second-order valence-electron chi connectivity index (χ2n) is 4.58. The SMILES string of the molecule is O=C1CN(C(=O)c2ccccc2)C(c2cc(Br)cs2)N1O. The van der Waals surface area contributed by atoms with Crippen LogP contribution >= 0.6 is 27.3 Å². The third kappa shape index (κ3) is 2.59. The molecule has 1 atom stereocenters. The number of rotatable bonds is 2. The molecule has 0 spiro atoms. The van der Waals surface area contributed by atoms with Gasteiger partial charge in [0.2, 0.25) is 0 Å². The van der Waals surface area contributed by atoms with Crippen molar-refractivity contribution in [3.63, 3.8) is 0 Å². The van der Waals surface area contributed by atoms with Gasteiger partial charge in [0.25, 0.3) is 11.8 Å². The molecule has 0 saturated carbocycles. The van der Waals surface area contributed by atoms with Crippen LogP contribution in [0.5, 0.6) is 0 Å². The number of nitrogens with zero attached hydrogens (tertiary/aromatic N) is 2. The highest BCUT2D eigenvalue weighted by Crippen LogP contribution is 2.35. The Kier molecular flexibility index (Phi) is 3.79. The number of benzene rings is 1. The van der Waals surface area contributed by atoms with E-state index in [-0.39, 0.29) is 12.5 Å². The molecule has 0 aliphatic carbocycles. The van der Waals surface area contributed by atoms with Crippen molar-refractivity contribution in [3.05, 3.63) is 56.7 Å². The van der Waals surface area contributed by atoms with E-state index in [1.807, 2.05) is 11.4 Å². The summed E-state index contributed by atoms with van der Waals surface area (Å²) in [5.41, 5.74) is 0.487. The summed E-state index contributed by atoms with van der Waals surface area (Å²) < 4.78 is 0.849. The topological polar surface area (TPSA) is 60.9 Å². The Labute approximate surface area is 133 Å². The third-order valence-electron chi connectivity index (χ3n) is 3.21. The Hall–Kier alpha value is -1.70. The Morgan fingerprint density at radius 1 is 1.33 bits per heavy atom. The van der Waals surface area contributed by atoms with E-state index < -0.39 is 12.1 Å². The standard InChI is InChI=1S/C14H11BrN2O3S/c15-10-6-11(21-8-10)13-16(7-12(18)17(13)20)14(19)9-4-2-1-3-5-9/h1-6,8,13,20H,7H2. The molecular weight excluding hydrogens is 356 g/mol. The molecule has 108 valence electrons. The van der Waals surface area contributed by atoms with Crippen LogP contribution in [0.2, 0.25) is 0 Å². The van der Waals surface area contributed by atoms with Crippen molar-refractivity contribution < 1.29 is 14.8 Å². The highest BCUT2D eigenvalue weighted by Gasteiger charge is 2.42. The second-order valence-corrected chi connectivity index (χ2v) is 6.44. The Balaban J connectivity index is 1.96. The maximum Gasteiger partial charge on any atom is 0.267 e. The lowest BCUT2D eigenvalue weighted by molar-refractivity contribution is -0.168. The normalized spacial score (nSPS) is 18.4. The number of carbonyl (C=O) groups excluding carboxylic acids is 2. The molecule has 1 saturated heterocycles. The Bertz CT molecular complexity index is 689. The van der Waals surface area contributed by atoms with Crippen molar-refractivity contribution in [3.8, 4) is 0 Å². The second kappa shape index (κ2) is 5.59. The average molecular weight is 367 g/mol. The van der Waals surface area contributed by atoms with E-state index >= 15 is 0 Å². The summed E-state index contributed by atoms with van der Waals surface area (Å²) in [7, 11) is 0. The summed E-state index contributed by atoms with van der Waals surface area (Å²) in [4.78, 5) is 26.4. The molecule has 7 heteroatoms. The summed E-state index contributed by atoms with van der Waals surface area (Å²) in [5, 5.41) is 12.4. The van der Waals surface area contributed by atoms with Gasteiger partial charge in [0.15, 0.2) is 6.17 Å². The van der Waals surface area contributed by atoms with E-state index in [2.05, 4.69) is 15.9 Å². The number of hydrogen-bond donors (Lipinski definition) is 1. The molecule has 5 nitrogen and oxygen atoms in total. The van der Waals surface area contributed by atoms with Gasteiger partial charge in [-0.25, -0.2) is 0 Å². The zero-order chi connectivity index (χ0) is 15.0.